The Morgan fingerprint density at radius 1 is 1.29 bits per heavy atom. The summed E-state index contributed by atoms with van der Waals surface area (Å²) < 4.78 is 1.79. The van der Waals surface area contributed by atoms with Crippen LogP contribution in [0.3, 0.4) is 0 Å². The summed E-state index contributed by atoms with van der Waals surface area (Å²) in [5.41, 5.74) is 5.66. The van der Waals surface area contributed by atoms with Crippen molar-refractivity contribution in [2.45, 2.75) is 0 Å². The molecule has 0 aliphatic carbocycles. The normalized spacial score (nSPS) is 9.59. The molecule has 17 heavy (non-hydrogen) atoms. The maximum absolute atomic E-state index is 8.96. The van der Waals surface area contributed by atoms with Crippen molar-refractivity contribution in [1.82, 2.24) is 19.5 Å². The number of nitrogen functional groups attached to an aromatic ring is 1. The molecule has 2 N–H and O–H groups in total. The zero-order valence-corrected chi connectivity index (χ0v) is 9.88. The summed E-state index contributed by atoms with van der Waals surface area (Å²) in [6, 6.07) is 5.21. The molecule has 0 saturated carbocycles. The third-order valence-corrected chi connectivity index (χ3v) is 2.30. The van der Waals surface area contributed by atoms with Crippen LogP contribution in [0.4, 0.5) is 5.82 Å². The van der Waals surface area contributed by atoms with Crippen LogP contribution in [-0.4, -0.2) is 19.5 Å². The van der Waals surface area contributed by atoms with Gasteiger partial charge in [0, 0.05) is 6.07 Å². The lowest BCUT2D eigenvalue weighted by molar-refractivity contribution is 0.909. The Labute approximate surface area is 104 Å². The first kappa shape index (κ1) is 11.0. The smallest absolute Gasteiger partial charge is 0.239 e. The summed E-state index contributed by atoms with van der Waals surface area (Å²) in [6.07, 6.45) is 1.30. The van der Waals surface area contributed by atoms with E-state index in [0.717, 1.165) is 0 Å². The second-order valence-electron chi connectivity index (χ2n) is 2.95. The van der Waals surface area contributed by atoms with Gasteiger partial charge in [0.25, 0.3) is 0 Å². The van der Waals surface area contributed by atoms with E-state index >= 15 is 0 Å². The van der Waals surface area contributed by atoms with Gasteiger partial charge in [-0.15, -0.1) is 0 Å². The van der Waals surface area contributed by atoms with E-state index in [1.165, 1.54) is 17.0 Å². The quantitative estimate of drug-likeness (QED) is 0.774. The average molecular weight is 290 g/mol. The fourth-order valence-electron chi connectivity index (χ4n) is 1.22. The van der Waals surface area contributed by atoms with Crippen molar-refractivity contribution in [1.29, 1.82) is 10.5 Å². The average Bonchev–Trinajstić information content (AvgIpc) is 2.70. The minimum absolute atomic E-state index is 0.0228. The topological polar surface area (TPSA) is 117 Å². The van der Waals surface area contributed by atoms with Gasteiger partial charge in [-0.2, -0.15) is 15.5 Å². The van der Waals surface area contributed by atoms with E-state index in [-0.39, 0.29) is 23.2 Å². The zero-order valence-electron chi connectivity index (χ0n) is 8.29. The highest BCUT2D eigenvalue weighted by Crippen LogP contribution is 2.15. The number of aromatic nitrogens is 4. The predicted molar refractivity (Wildman–Crippen MR) is 60.7 cm³/mol. The van der Waals surface area contributed by atoms with Gasteiger partial charge in [0.1, 0.15) is 28.9 Å². The van der Waals surface area contributed by atoms with Crippen molar-refractivity contribution in [3.05, 3.63) is 28.4 Å². The lowest BCUT2D eigenvalue weighted by Crippen LogP contribution is -2.05. The molecule has 0 unspecified atom stereocenters. The first-order valence-corrected chi connectivity index (χ1v) is 5.13. The number of nitrogens with two attached hydrogens (primary N) is 1. The van der Waals surface area contributed by atoms with Gasteiger partial charge in [-0.3, -0.25) is 4.57 Å². The van der Waals surface area contributed by atoms with Crippen LogP contribution in [0.5, 0.6) is 0 Å². The summed E-state index contributed by atoms with van der Waals surface area (Å²) in [5, 5.41) is 17.7. The molecule has 0 bridgehead atoms. The Kier molecular flexibility index (Phi) is 2.73. The zero-order chi connectivity index (χ0) is 12.4. The SMILES string of the molecule is N#Cc1ncn(-c2nc(N)cc(Br)n2)c1C#N. The van der Waals surface area contributed by atoms with Crippen LogP contribution >= 0.6 is 15.9 Å². The molecular formula is C9H4BrN7. The van der Waals surface area contributed by atoms with Gasteiger partial charge in [-0.25, -0.2) is 9.97 Å². The lowest BCUT2D eigenvalue weighted by Gasteiger charge is -2.02. The van der Waals surface area contributed by atoms with E-state index in [4.69, 9.17) is 16.3 Å². The Morgan fingerprint density at radius 3 is 2.65 bits per heavy atom. The fraction of sp³-hybridized carbons (Fsp3) is 0. The van der Waals surface area contributed by atoms with Gasteiger partial charge >= 0.3 is 0 Å². The Morgan fingerprint density at radius 2 is 2.06 bits per heavy atom. The Bertz CT molecular complexity index is 641. The minimum atomic E-state index is 0.0228. The third kappa shape index (κ3) is 1.94. The summed E-state index contributed by atoms with van der Waals surface area (Å²) >= 11 is 3.17. The predicted octanol–water partition coefficient (Wildman–Crippen LogP) is 0.750. The maximum atomic E-state index is 8.96. The van der Waals surface area contributed by atoms with Crippen molar-refractivity contribution in [2.75, 3.05) is 5.73 Å². The monoisotopic (exact) mass is 289 g/mol. The summed E-state index contributed by atoms with van der Waals surface area (Å²) in [5.74, 6) is 0.431. The van der Waals surface area contributed by atoms with Crippen LogP contribution in [-0.2, 0) is 0 Å². The van der Waals surface area contributed by atoms with Gasteiger partial charge in [0.15, 0.2) is 11.4 Å². The van der Waals surface area contributed by atoms with Crippen LogP contribution < -0.4 is 5.73 Å². The van der Waals surface area contributed by atoms with E-state index < -0.39 is 0 Å². The van der Waals surface area contributed by atoms with E-state index in [1.807, 2.05) is 12.1 Å². The van der Waals surface area contributed by atoms with Gasteiger partial charge < -0.3 is 5.73 Å². The van der Waals surface area contributed by atoms with Crippen molar-refractivity contribution in [2.24, 2.45) is 0 Å². The van der Waals surface area contributed by atoms with Crippen molar-refractivity contribution in [3.63, 3.8) is 0 Å². The molecule has 2 aromatic heterocycles. The van der Waals surface area contributed by atoms with Gasteiger partial charge in [0.05, 0.1) is 0 Å². The van der Waals surface area contributed by atoms with E-state index in [2.05, 4.69) is 30.9 Å². The third-order valence-electron chi connectivity index (χ3n) is 1.90. The van der Waals surface area contributed by atoms with E-state index in [1.54, 1.807) is 0 Å². The van der Waals surface area contributed by atoms with Crippen molar-refractivity contribution < 1.29 is 0 Å². The summed E-state index contributed by atoms with van der Waals surface area (Å²) in [4.78, 5) is 11.8. The molecule has 0 aliphatic rings. The van der Waals surface area contributed by atoms with Crippen LogP contribution in [0, 0.1) is 22.7 Å². The molecule has 2 aromatic rings. The molecule has 82 valence electrons. The first-order chi connectivity index (χ1) is 8.15. The number of rotatable bonds is 1. The second-order valence-corrected chi connectivity index (χ2v) is 3.76. The molecular weight excluding hydrogens is 286 g/mol. The maximum Gasteiger partial charge on any atom is 0.239 e. The molecule has 0 aliphatic heterocycles. The van der Waals surface area contributed by atoms with Gasteiger partial charge in [-0.05, 0) is 15.9 Å². The number of nitriles is 2. The molecule has 0 atom stereocenters. The van der Waals surface area contributed by atoms with Crippen LogP contribution in [0.15, 0.2) is 17.0 Å². The van der Waals surface area contributed by atoms with Crippen molar-refractivity contribution in [3.8, 4) is 18.1 Å². The van der Waals surface area contributed by atoms with E-state index in [9.17, 15) is 0 Å². The highest BCUT2D eigenvalue weighted by atomic mass is 79.9. The molecule has 2 heterocycles. The molecule has 2 rings (SSSR count). The number of hydrogen-bond acceptors (Lipinski definition) is 6. The Balaban J connectivity index is 2.66. The highest BCUT2D eigenvalue weighted by Gasteiger charge is 2.14. The molecule has 7 nitrogen and oxygen atoms in total. The number of anilines is 1. The van der Waals surface area contributed by atoms with Gasteiger partial charge in [0.2, 0.25) is 5.95 Å². The number of nitrogens with zero attached hydrogens (tertiary/aromatic N) is 6. The summed E-state index contributed by atoms with van der Waals surface area (Å²) in [6.45, 7) is 0. The Hall–Kier alpha value is -2.45. The minimum Gasteiger partial charge on any atom is -0.383 e. The van der Waals surface area contributed by atoms with Crippen LogP contribution in [0.25, 0.3) is 5.95 Å². The molecule has 0 aromatic carbocycles. The standard InChI is InChI=1S/C9H4BrN7/c10-7-1-8(13)16-9(15-7)17-4-14-5(2-11)6(17)3-12/h1,4H,(H2,13,15,16). The summed E-state index contributed by atoms with van der Waals surface area (Å²) in [7, 11) is 0. The number of hydrogen-bond donors (Lipinski definition) is 1. The number of halogens is 1. The molecule has 0 saturated heterocycles. The fourth-order valence-corrected chi connectivity index (χ4v) is 1.61. The van der Waals surface area contributed by atoms with E-state index in [0.29, 0.717) is 4.60 Å². The second kappa shape index (κ2) is 4.20. The highest BCUT2D eigenvalue weighted by molar-refractivity contribution is 9.10. The largest absolute Gasteiger partial charge is 0.383 e. The number of imidazole rings is 1. The molecule has 0 fully saturated rings. The van der Waals surface area contributed by atoms with Crippen LogP contribution in [0.1, 0.15) is 11.4 Å². The van der Waals surface area contributed by atoms with Gasteiger partial charge in [-0.1, -0.05) is 0 Å². The molecule has 0 radical (unpaired) electrons. The first-order valence-electron chi connectivity index (χ1n) is 4.33. The van der Waals surface area contributed by atoms with Crippen molar-refractivity contribution >= 4 is 21.7 Å². The molecule has 0 spiro atoms. The lowest BCUT2D eigenvalue weighted by atomic mass is 10.3. The molecule has 0 amide bonds. The molecule has 8 heteroatoms. The van der Waals surface area contributed by atoms with Crippen LogP contribution in [0.2, 0.25) is 0 Å².